The van der Waals surface area contributed by atoms with Gasteiger partial charge < -0.3 is 72.4 Å². The Kier molecular flexibility index (Phi) is 28.2. The first kappa shape index (κ1) is 87.0. The van der Waals surface area contributed by atoms with E-state index in [4.69, 9.17) is 51.1 Å². The largest absolute Gasteiger partial charge is 0.497 e. The van der Waals surface area contributed by atoms with E-state index in [-0.39, 0.29) is 29.8 Å². The lowest BCUT2D eigenvalue weighted by molar-refractivity contribution is -0.0385. The molecule has 0 aliphatic heterocycles. The summed E-state index contributed by atoms with van der Waals surface area (Å²) in [5.41, 5.74) is 5.26. The number of hydrogen-bond donors (Lipinski definition) is 4. The van der Waals surface area contributed by atoms with Gasteiger partial charge >= 0.3 is 18.3 Å². The summed E-state index contributed by atoms with van der Waals surface area (Å²) in [6.45, 7) is 17.6. The van der Waals surface area contributed by atoms with Crippen molar-refractivity contribution in [3.8, 4) is 73.9 Å². The van der Waals surface area contributed by atoms with E-state index in [1.165, 1.54) is 43.2 Å². The second-order valence-corrected chi connectivity index (χ2v) is 30.0. The van der Waals surface area contributed by atoms with E-state index in [9.17, 15) is 33.6 Å². The number of amides is 4. The van der Waals surface area contributed by atoms with Crippen molar-refractivity contribution in [3.63, 3.8) is 0 Å². The third-order valence-electron chi connectivity index (χ3n) is 18.2. The molecule has 0 spiro atoms. The van der Waals surface area contributed by atoms with Crippen molar-refractivity contribution in [2.24, 2.45) is 5.92 Å². The van der Waals surface area contributed by atoms with Crippen LogP contribution in [0, 0.1) is 5.92 Å². The van der Waals surface area contributed by atoms with E-state index < -0.39 is 64.8 Å². The zero-order chi connectivity index (χ0) is 86.7. The van der Waals surface area contributed by atoms with Crippen LogP contribution in [0.5, 0.6) is 5.75 Å². The highest BCUT2D eigenvalue weighted by Crippen LogP contribution is 2.39. The summed E-state index contributed by atoms with van der Waals surface area (Å²) in [6.07, 6.45) is 18.7. The Labute approximate surface area is 699 Å². The molecule has 0 saturated heterocycles. The van der Waals surface area contributed by atoms with E-state index in [0.717, 1.165) is 38.2 Å². The van der Waals surface area contributed by atoms with Gasteiger partial charge in [0, 0.05) is 77.1 Å². The number of furan rings is 3. The second-order valence-electron chi connectivity index (χ2n) is 30.0. The fourth-order valence-corrected chi connectivity index (χ4v) is 11.7. The van der Waals surface area contributed by atoms with E-state index >= 15 is 0 Å². The number of methoxy groups -OCH3 is 4. The number of ether oxygens (including phenoxy) is 8. The van der Waals surface area contributed by atoms with Crippen LogP contribution in [0.2, 0.25) is 0 Å². The Hall–Kier alpha value is -14.3. The average Bonchev–Trinajstić information content (AvgIpc) is 1.65. The van der Waals surface area contributed by atoms with Crippen LogP contribution in [-0.4, -0.2) is 193 Å². The van der Waals surface area contributed by atoms with Crippen molar-refractivity contribution < 1.29 is 84.7 Å². The van der Waals surface area contributed by atoms with Crippen LogP contribution in [0.3, 0.4) is 0 Å². The maximum atomic E-state index is 13.2. The number of aromatic nitrogens is 15. The summed E-state index contributed by atoms with van der Waals surface area (Å²) in [6, 6.07) is 32.5. The van der Waals surface area contributed by atoms with E-state index in [1.54, 1.807) is 163 Å². The fourth-order valence-electron chi connectivity index (χ4n) is 11.7. The van der Waals surface area contributed by atoms with E-state index in [2.05, 4.69) is 66.8 Å². The molecule has 0 unspecified atom stereocenters. The van der Waals surface area contributed by atoms with Crippen LogP contribution < -0.4 is 26.0 Å². The monoisotopic (exact) mass is 1670 g/mol. The van der Waals surface area contributed by atoms with Crippen molar-refractivity contribution >= 4 is 59.0 Å². The van der Waals surface area contributed by atoms with Crippen LogP contribution in [0.4, 0.5) is 31.4 Å². The first-order valence-electron chi connectivity index (χ1n) is 38.7. The van der Waals surface area contributed by atoms with Gasteiger partial charge in [-0.3, -0.25) is 48.2 Å². The summed E-state index contributed by atoms with van der Waals surface area (Å²) in [5, 5.41) is 37.2. The van der Waals surface area contributed by atoms with Gasteiger partial charge in [-0.05, 0) is 151 Å². The van der Waals surface area contributed by atoms with Gasteiger partial charge in [-0.2, -0.15) is 40.0 Å². The molecule has 14 rings (SSSR count). The van der Waals surface area contributed by atoms with Crippen molar-refractivity contribution in [2.75, 3.05) is 70.8 Å². The smallest absolute Gasteiger partial charge is 0.435 e. The van der Waals surface area contributed by atoms with Crippen LogP contribution in [-0.2, 0) is 59.4 Å². The van der Waals surface area contributed by atoms with Gasteiger partial charge in [-0.15, -0.1) is 0 Å². The molecular weight excluding hydrogens is 1580 g/mol. The Morgan fingerprint density at radius 3 is 1.26 bits per heavy atom. The molecule has 37 nitrogen and oxygen atoms in total. The molecule has 1 aromatic carbocycles. The maximum Gasteiger partial charge on any atom is 0.435 e. The number of nitrogens with one attached hydrogen (secondary N) is 4. The number of rotatable bonds is 31. The summed E-state index contributed by atoms with van der Waals surface area (Å²) in [4.78, 5) is 103. The normalized spacial score (nSPS) is 12.4. The number of benzene rings is 1. The molecule has 4 N–H and O–H groups in total. The Balaban J connectivity index is 0.000000169. The number of alkyl carbamates (subject to hydrolysis) is 1. The number of hydrogen-bond acceptors (Lipinski definition) is 27. The minimum Gasteiger partial charge on any atom is -0.497 e. The Bertz CT molecular complexity index is 5700. The Morgan fingerprint density at radius 1 is 0.492 bits per heavy atom. The molecule has 4 amide bonds. The first-order chi connectivity index (χ1) is 58.6. The lowest BCUT2D eigenvalue weighted by Gasteiger charge is -2.24. The van der Waals surface area contributed by atoms with Gasteiger partial charge in [-0.1, -0.05) is 44.2 Å². The van der Waals surface area contributed by atoms with Gasteiger partial charge in [-0.25, -0.2) is 19.1 Å². The highest BCUT2D eigenvalue weighted by Gasteiger charge is 2.42. The number of carbonyl (C=O) groups is 7. The summed E-state index contributed by atoms with van der Waals surface area (Å²) in [5.74, 6) is -0.0492. The molecule has 122 heavy (non-hydrogen) atoms. The van der Waals surface area contributed by atoms with Crippen molar-refractivity contribution in [1.82, 2.24) is 79.0 Å². The van der Waals surface area contributed by atoms with E-state index in [0.29, 0.717) is 131 Å². The third-order valence-corrected chi connectivity index (χ3v) is 18.2. The highest BCUT2D eigenvalue weighted by molar-refractivity contribution is 6.06. The lowest BCUT2D eigenvalue weighted by atomic mass is 10.0. The molecule has 636 valence electrons. The van der Waals surface area contributed by atoms with Gasteiger partial charge in [0.2, 0.25) is 0 Å². The van der Waals surface area contributed by atoms with Crippen LogP contribution in [0.1, 0.15) is 110 Å². The van der Waals surface area contributed by atoms with Crippen molar-refractivity contribution in [1.29, 1.82) is 0 Å². The molecule has 1 saturated carbocycles. The summed E-state index contributed by atoms with van der Waals surface area (Å²) < 4.78 is 68.4. The van der Waals surface area contributed by atoms with Crippen LogP contribution in [0.25, 0.3) is 68.1 Å². The molecule has 13 aromatic rings. The lowest BCUT2D eigenvalue weighted by Crippen LogP contribution is -2.48. The number of nitrogens with zero attached hydrogens (tertiary/aromatic N) is 15. The highest BCUT2D eigenvalue weighted by atomic mass is 16.6. The molecular formula is C85H93N19O18. The second kappa shape index (κ2) is 39.5. The topological polar surface area (TPSA) is 426 Å². The molecule has 12 aromatic heterocycles. The summed E-state index contributed by atoms with van der Waals surface area (Å²) in [7, 11) is 6.43. The molecule has 12 heterocycles. The van der Waals surface area contributed by atoms with Gasteiger partial charge in [0.25, 0.3) is 23.6 Å². The molecule has 1 aliphatic carbocycles. The Morgan fingerprint density at radius 2 is 0.893 bits per heavy atom. The van der Waals surface area contributed by atoms with Gasteiger partial charge in [0.1, 0.15) is 63.0 Å². The van der Waals surface area contributed by atoms with Gasteiger partial charge in [0.05, 0.1) is 129 Å². The predicted octanol–water partition coefficient (Wildman–Crippen LogP) is 13.6. The average molecular weight is 1670 g/mol. The summed E-state index contributed by atoms with van der Waals surface area (Å²) >= 11 is 0. The quantitative estimate of drug-likeness (QED) is 0.0293. The molecule has 1 fully saturated rings. The number of anilines is 3. The molecule has 37 heteroatoms. The van der Waals surface area contributed by atoms with Crippen molar-refractivity contribution in [2.45, 2.75) is 117 Å². The fraction of sp³-hybridized carbons (Fsp3) is 0.318. The van der Waals surface area contributed by atoms with Crippen LogP contribution in [0.15, 0.2) is 203 Å². The maximum absolute atomic E-state index is 13.2. The minimum atomic E-state index is -0.920. The van der Waals surface area contributed by atoms with Crippen LogP contribution >= 0.6 is 0 Å². The third kappa shape index (κ3) is 23.4. The predicted molar refractivity (Wildman–Crippen MR) is 442 cm³/mol. The number of pyridine rings is 3. The van der Waals surface area contributed by atoms with E-state index in [1.807, 2.05) is 81.4 Å². The molecule has 0 bridgehead atoms. The SMILES string of the molecule is COCCn1cc(NC(=O)c2ccc(-c3cnn(C(=O)OC(C)(C)COCc4ccc(OC)cc4)c3)o2)c(-c2ccccn2)n1.COCCn1cc(NC(=O)c2ccc(-c3cnn(C(=O)OC4(C)CC4)c3)o2)c(-c2ccccn2)n1.COCCn1cc(NC(=O)c2ccc(-c3cnn(C(=O)[C@@H](NC(=O)OC(C)(C)C)C(C)C)c3)o2)c(-c2ccccn2)n1. The van der Waals surface area contributed by atoms with Gasteiger partial charge in [0.15, 0.2) is 17.3 Å². The minimum absolute atomic E-state index is 0.0485. The zero-order valence-electron chi connectivity index (χ0n) is 69.2. The molecule has 0 radical (unpaired) electrons. The standard InChI is InChI=1S/C32H34N6O7.C29H35N7O6.C24H24N6O5/c1-32(2,21-43-20-22-8-10-24(42-4)11-9-22)45-31(40)38-18-23(17-34-38)27-12-13-28(44-27)30(39)35-26-19-37(15-16-41-3)36-29(26)25-7-5-6-14-33-25;1-18(2)24(33-28(39)42-29(3,4)5)27(38)36-16-19(15-31-36)22-10-11-23(41-22)26(37)32-21-17-35(13-14-40-6)34-25(21)20-9-7-8-12-30-20;1-24(8-9-24)35-23(32)30-14-16(13-26-30)19-6-7-20(34-19)22(31)27-18-15-29(11-12-33-2)28-21(18)17-5-3-4-10-25-17/h5-14,17-19H,15-16,20-21H2,1-4H3,(H,35,39);7-12,15-18,24H,13-14H2,1-6H3,(H,32,37)(H,33,39);3-7,10,13-15H,8-9,11-12H2,1-2H3,(H,27,31)/t;24-;/m.0./s1. The number of carbonyl (C=O) groups excluding carboxylic acids is 7. The van der Waals surface area contributed by atoms with Crippen molar-refractivity contribution in [3.05, 3.63) is 212 Å². The molecule has 1 atom stereocenters. The first-order valence-corrected chi connectivity index (χ1v) is 38.7. The molecule has 1 aliphatic rings. The zero-order valence-corrected chi connectivity index (χ0v) is 69.2.